The first kappa shape index (κ1) is 20.0. The van der Waals surface area contributed by atoms with Gasteiger partial charge in [-0.1, -0.05) is 13.0 Å². The van der Waals surface area contributed by atoms with Crippen LogP contribution in [0.5, 0.6) is 5.75 Å². The number of carbonyl (C=O) groups excluding carboxylic acids is 3. The zero-order valence-corrected chi connectivity index (χ0v) is 16.6. The summed E-state index contributed by atoms with van der Waals surface area (Å²) in [5, 5.41) is 20.0. The van der Waals surface area contributed by atoms with Crippen molar-refractivity contribution in [3.05, 3.63) is 29.3 Å². The molecule has 0 heterocycles. The Hall–Kier alpha value is -1.75. The van der Waals surface area contributed by atoms with Crippen LogP contribution in [0.15, 0.2) is 18.2 Å². The van der Waals surface area contributed by atoms with Gasteiger partial charge >= 0.3 is 41.5 Å². The summed E-state index contributed by atoms with van der Waals surface area (Å²) >= 11 is -2.47. The van der Waals surface area contributed by atoms with Crippen molar-refractivity contribution in [2.75, 3.05) is 0 Å². The van der Waals surface area contributed by atoms with Gasteiger partial charge in [0.15, 0.2) is 0 Å². The third kappa shape index (κ3) is 3.66. The number of rotatable bonds is 0. The number of benzene rings is 1. The van der Waals surface area contributed by atoms with Crippen LogP contribution < -0.4 is 0 Å². The van der Waals surface area contributed by atoms with Crippen LogP contribution in [0.4, 0.5) is 0 Å². The molecule has 3 aliphatic carbocycles. The van der Waals surface area contributed by atoms with Gasteiger partial charge in [-0.25, -0.2) is 0 Å². The predicted molar refractivity (Wildman–Crippen MR) is 95.8 cm³/mol. The molecule has 1 aromatic rings. The van der Waals surface area contributed by atoms with E-state index in [1.165, 1.54) is 44.6 Å². The first-order valence-corrected chi connectivity index (χ1v) is 11.2. The molecular formula is C21H24CrO5. The summed E-state index contributed by atoms with van der Waals surface area (Å²) in [7, 11) is 0. The Balaban J connectivity index is 0.000000260. The molecule has 0 spiro atoms. The molecule has 2 saturated carbocycles. The first-order valence-electron chi connectivity index (χ1n) is 9.32. The molecule has 1 unspecified atom stereocenters. The van der Waals surface area contributed by atoms with Crippen LogP contribution in [0.25, 0.3) is 0 Å². The fraction of sp³-hybridized carbons (Fsp3) is 0.571. The Labute approximate surface area is 161 Å². The van der Waals surface area contributed by atoms with Crippen LogP contribution in [0.3, 0.4) is 0 Å². The van der Waals surface area contributed by atoms with Crippen LogP contribution in [0.2, 0.25) is 0 Å². The molecule has 4 rings (SSSR count). The zero-order chi connectivity index (χ0) is 19.6. The van der Waals surface area contributed by atoms with E-state index in [1.807, 2.05) is 12.1 Å². The van der Waals surface area contributed by atoms with E-state index in [1.54, 1.807) is 0 Å². The van der Waals surface area contributed by atoms with E-state index in [9.17, 15) is 24.6 Å². The van der Waals surface area contributed by atoms with Crippen molar-refractivity contribution < 1.29 is 37.4 Å². The molecule has 0 amide bonds. The van der Waals surface area contributed by atoms with Crippen LogP contribution in [-0.2, 0) is 33.6 Å². The van der Waals surface area contributed by atoms with Crippen molar-refractivity contribution in [1.29, 1.82) is 0 Å². The van der Waals surface area contributed by atoms with E-state index in [4.69, 9.17) is 0 Å². The van der Waals surface area contributed by atoms with Crippen molar-refractivity contribution >= 4 is 14.2 Å². The standard InChI is InChI=1S/C18H24O2.3CO.Cr/c1-18-9-8-14-13-5-3-12(19)10-11(13)2-4-15(14)16(18)6-7-17(18)20;3*1-2;/h3,5,10,14-17,19-20H,2,4,6-9H2,1H3;;;;/t14-,15-,16+,17?,18+;;;;/m1..../s1. The quantitative estimate of drug-likeness (QED) is 0.688. The molecule has 3 aliphatic rings. The Morgan fingerprint density at radius 1 is 1.07 bits per heavy atom. The third-order valence-electron chi connectivity index (χ3n) is 6.91. The van der Waals surface area contributed by atoms with Gasteiger partial charge in [0.05, 0.1) is 6.10 Å². The average molecular weight is 408 g/mol. The van der Waals surface area contributed by atoms with Gasteiger partial charge in [-0.15, -0.1) is 0 Å². The molecule has 0 radical (unpaired) electrons. The minimum absolute atomic E-state index is 0.0883. The van der Waals surface area contributed by atoms with Crippen molar-refractivity contribution in [2.24, 2.45) is 17.3 Å². The van der Waals surface area contributed by atoms with Crippen LogP contribution >= 0.6 is 0 Å². The predicted octanol–water partition coefficient (Wildman–Crippen LogP) is 2.42. The number of aliphatic hydroxyl groups is 1. The normalized spacial score (nSPS) is 33.0. The van der Waals surface area contributed by atoms with E-state index in [0.717, 1.165) is 25.2 Å². The SMILES string of the molecule is C[C@]12CC[C@@H]3c4ccc(O)cc4CC[C@H]3[C@@H]1CCC2O.O=[C]=[Cr](=[C]=O)=[C]=O. The van der Waals surface area contributed by atoms with Crippen LogP contribution in [-0.4, -0.2) is 30.6 Å². The topological polar surface area (TPSA) is 91.7 Å². The number of hydrogen-bond donors (Lipinski definition) is 2. The molecule has 1 aromatic carbocycles. The van der Waals surface area contributed by atoms with E-state index in [-0.39, 0.29) is 11.5 Å². The maximum atomic E-state index is 10.4. The van der Waals surface area contributed by atoms with Crippen molar-refractivity contribution in [1.82, 2.24) is 0 Å². The zero-order valence-electron chi connectivity index (χ0n) is 15.3. The second kappa shape index (κ2) is 8.09. The van der Waals surface area contributed by atoms with E-state index in [0.29, 0.717) is 17.6 Å². The van der Waals surface area contributed by atoms with Gasteiger partial charge in [-0.05, 0) is 85.0 Å². The minimum atomic E-state index is -2.47. The van der Waals surface area contributed by atoms with Gasteiger partial charge in [0.1, 0.15) is 5.75 Å². The molecule has 6 heteroatoms. The van der Waals surface area contributed by atoms with Gasteiger partial charge < -0.3 is 10.2 Å². The molecule has 0 saturated heterocycles. The molecule has 0 aliphatic heterocycles. The summed E-state index contributed by atoms with van der Waals surface area (Å²) in [6.45, 7) is 2.32. The summed E-state index contributed by atoms with van der Waals surface area (Å²) in [4.78, 5) is 28.1. The van der Waals surface area contributed by atoms with E-state index < -0.39 is 12.8 Å². The average Bonchev–Trinajstić information content (AvgIpc) is 2.98. The summed E-state index contributed by atoms with van der Waals surface area (Å²) < 4.78 is 3.69. The second-order valence-electron chi connectivity index (χ2n) is 7.99. The molecule has 2 N–H and O–H groups in total. The van der Waals surface area contributed by atoms with Gasteiger partial charge in [-0.2, -0.15) is 0 Å². The Bertz CT molecular complexity index is 903. The van der Waals surface area contributed by atoms with E-state index in [2.05, 4.69) is 13.0 Å². The number of phenols is 1. The van der Waals surface area contributed by atoms with Crippen molar-refractivity contribution in [3.8, 4) is 5.75 Å². The summed E-state index contributed by atoms with van der Waals surface area (Å²) in [5.41, 5.74) is 2.99. The van der Waals surface area contributed by atoms with Crippen molar-refractivity contribution in [3.63, 3.8) is 0 Å². The Kier molecular flexibility index (Phi) is 5.99. The molecule has 27 heavy (non-hydrogen) atoms. The number of aliphatic hydroxyl groups excluding tert-OH is 1. The molecule has 0 aromatic heterocycles. The molecule has 0 bridgehead atoms. The molecule has 5 nitrogen and oxygen atoms in total. The number of aromatic hydroxyl groups is 1. The summed E-state index contributed by atoms with van der Waals surface area (Å²) in [6, 6.07) is 5.96. The van der Waals surface area contributed by atoms with Crippen LogP contribution in [0.1, 0.15) is 56.1 Å². The van der Waals surface area contributed by atoms with Crippen LogP contribution in [0, 0.1) is 17.3 Å². The number of aryl methyl sites for hydroxylation is 1. The Morgan fingerprint density at radius 3 is 2.41 bits per heavy atom. The number of fused-ring (bicyclic) bond motifs is 5. The molecule has 2 fully saturated rings. The fourth-order valence-corrected chi connectivity index (χ4v) is 5.75. The van der Waals surface area contributed by atoms with Crippen molar-refractivity contribution in [2.45, 2.75) is 57.5 Å². The van der Waals surface area contributed by atoms with E-state index >= 15 is 0 Å². The first-order chi connectivity index (χ1) is 12.9. The summed E-state index contributed by atoms with van der Waals surface area (Å²) in [6.07, 6.45) is 6.78. The molecule has 5 atom stereocenters. The Morgan fingerprint density at radius 2 is 1.78 bits per heavy atom. The van der Waals surface area contributed by atoms with Gasteiger partial charge in [0.25, 0.3) is 0 Å². The number of phenolic OH excluding ortho intramolecular Hbond substituents is 1. The summed E-state index contributed by atoms with van der Waals surface area (Å²) in [5.74, 6) is 2.49. The van der Waals surface area contributed by atoms with Gasteiger partial charge in [0.2, 0.25) is 0 Å². The molecule has 144 valence electrons. The third-order valence-corrected chi connectivity index (χ3v) is 7.69. The monoisotopic (exact) mass is 408 g/mol. The van der Waals surface area contributed by atoms with Gasteiger partial charge in [-0.3, -0.25) is 0 Å². The van der Waals surface area contributed by atoms with Gasteiger partial charge in [0, 0.05) is 0 Å². The number of hydrogen-bond acceptors (Lipinski definition) is 5. The second-order valence-corrected chi connectivity index (χ2v) is 9.73. The molecular weight excluding hydrogens is 384 g/mol. The fourth-order valence-electron chi connectivity index (χ4n) is 5.59. The maximum absolute atomic E-state index is 10.4.